The Morgan fingerprint density at radius 3 is 2.50 bits per heavy atom. The van der Waals surface area contributed by atoms with Gasteiger partial charge in [-0.05, 0) is 73.4 Å². The molecule has 238 valence electrons. The van der Waals surface area contributed by atoms with Gasteiger partial charge in [0.05, 0.1) is 36.0 Å². The molecule has 2 saturated heterocycles. The van der Waals surface area contributed by atoms with Gasteiger partial charge in [0.1, 0.15) is 11.9 Å². The minimum absolute atomic E-state index is 0.132. The lowest BCUT2D eigenvalue weighted by molar-refractivity contribution is -0.137. The summed E-state index contributed by atoms with van der Waals surface area (Å²) in [5, 5.41) is 16.6. The van der Waals surface area contributed by atoms with Crippen LogP contribution in [0.15, 0.2) is 42.5 Å². The number of hydrogen-bond donors (Lipinski definition) is 3. The Bertz CT molecular complexity index is 1330. The van der Waals surface area contributed by atoms with E-state index in [1.807, 2.05) is 23.1 Å². The predicted molar refractivity (Wildman–Crippen MR) is 156 cm³/mol. The Morgan fingerprint density at radius 1 is 0.977 bits per heavy atom. The van der Waals surface area contributed by atoms with E-state index in [1.54, 1.807) is 0 Å². The van der Waals surface area contributed by atoms with Crippen LogP contribution in [-0.4, -0.2) is 71.9 Å². The maximum Gasteiger partial charge on any atom is 0.416 e. The molecule has 6 rings (SSSR count). The van der Waals surface area contributed by atoms with Crippen molar-refractivity contribution in [1.29, 1.82) is 0 Å². The Hall–Kier alpha value is -3.15. The van der Waals surface area contributed by atoms with Gasteiger partial charge in [-0.15, -0.1) is 0 Å². The van der Waals surface area contributed by atoms with Crippen molar-refractivity contribution in [3.63, 3.8) is 0 Å². The third-order valence-corrected chi connectivity index (χ3v) is 9.54. The first kappa shape index (κ1) is 30.9. The Balaban J connectivity index is 1.26. The molecule has 3 aliphatic heterocycles. The number of hydrogen-bond acceptors (Lipinski definition) is 6. The number of carbonyl (C=O) groups excluding carboxylic acids is 2. The second kappa shape index (κ2) is 13.1. The molecular weight excluding hydrogens is 575 g/mol. The van der Waals surface area contributed by atoms with Crippen molar-refractivity contribution >= 4 is 11.8 Å². The third-order valence-electron chi connectivity index (χ3n) is 9.54. The standard InChI is InChI=1S/C33H40F3N3O5/c34-33(35,36)23-8-5-20(6-9-23)18-39-19-24-16-27(39)32(42)37-17-30-28(40)12-10-25(44-30)13-14-43-29-15-22(21-3-1-2-4-21)7-11-26(29)31(41)38-24/h5-9,11,15,21,24-25,27-28,30,40H,1-4,10,12-14,16-19H2,(H,37,42)(H,38,41)/t24-,25-,27-,28-,30+/m0/s1. The molecule has 0 radical (unpaired) electrons. The number of likely N-dealkylation sites (tertiary alicyclic amines) is 1. The SMILES string of the molecule is O=C1N[C@H]2C[C@@H](C(=O)NC[C@H]3O[C@H](CCOc4cc(C5CCCC5)ccc41)CC[C@@H]3O)N(Cc1ccc(C(F)(F)F)cc1)C2. The van der Waals surface area contributed by atoms with Gasteiger partial charge in [0.2, 0.25) is 5.91 Å². The number of rotatable bonds is 3. The van der Waals surface area contributed by atoms with Gasteiger partial charge in [-0.2, -0.15) is 13.2 Å². The van der Waals surface area contributed by atoms with Crippen LogP contribution in [-0.2, 0) is 22.3 Å². The molecule has 5 atom stereocenters. The fraction of sp³-hybridized carbons (Fsp3) is 0.576. The summed E-state index contributed by atoms with van der Waals surface area (Å²) >= 11 is 0. The van der Waals surface area contributed by atoms with Crippen molar-refractivity contribution in [2.75, 3.05) is 19.7 Å². The van der Waals surface area contributed by atoms with E-state index in [9.17, 15) is 27.9 Å². The van der Waals surface area contributed by atoms with E-state index in [-0.39, 0.29) is 37.0 Å². The molecule has 8 nitrogen and oxygen atoms in total. The first-order valence-electron chi connectivity index (χ1n) is 15.7. The minimum Gasteiger partial charge on any atom is -0.493 e. The van der Waals surface area contributed by atoms with E-state index in [0.717, 1.165) is 25.0 Å². The van der Waals surface area contributed by atoms with Crippen LogP contribution in [0.25, 0.3) is 0 Å². The van der Waals surface area contributed by atoms with Crippen LogP contribution >= 0.6 is 0 Å². The highest BCUT2D eigenvalue weighted by atomic mass is 19.4. The van der Waals surface area contributed by atoms with E-state index in [1.165, 1.54) is 30.5 Å². The molecule has 3 fully saturated rings. The summed E-state index contributed by atoms with van der Waals surface area (Å²) in [5.74, 6) is 0.413. The zero-order valence-electron chi connectivity index (χ0n) is 24.7. The number of carbonyl (C=O) groups is 2. The van der Waals surface area contributed by atoms with Gasteiger partial charge in [0, 0.05) is 32.1 Å². The number of ether oxygens (including phenoxy) is 2. The summed E-state index contributed by atoms with van der Waals surface area (Å²) in [7, 11) is 0. The number of aliphatic hydroxyl groups excluding tert-OH is 1. The molecule has 2 aromatic carbocycles. The average Bonchev–Trinajstić information content (AvgIpc) is 3.67. The largest absolute Gasteiger partial charge is 0.493 e. The van der Waals surface area contributed by atoms with Crippen molar-refractivity contribution in [3.8, 4) is 5.75 Å². The molecule has 4 bridgehead atoms. The lowest BCUT2D eigenvalue weighted by Gasteiger charge is -2.34. The number of aliphatic hydroxyl groups is 1. The van der Waals surface area contributed by atoms with Gasteiger partial charge in [-0.3, -0.25) is 14.5 Å². The van der Waals surface area contributed by atoms with Crippen LogP contribution in [0.5, 0.6) is 5.75 Å². The summed E-state index contributed by atoms with van der Waals surface area (Å²) in [6.07, 6.45) is 0.857. The molecule has 2 amide bonds. The van der Waals surface area contributed by atoms with E-state index in [2.05, 4.69) is 10.6 Å². The number of benzene rings is 2. The van der Waals surface area contributed by atoms with Crippen LogP contribution < -0.4 is 15.4 Å². The first-order valence-corrected chi connectivity index (χ1v) is 15.7. The Morgan fingerprint density at radius 2 is 1.75 bits per heavy atom. The Labute approximate surface area is 255 Å². The van der Waals surface area contributed by atoms with Gasteiger partial charge in [0.25, 0.3) is 5.91 Å². The number of nitrogens with one attached hydrogen (secondary N) is 2. The average molecular weight is 616 g/mol. The van der Waals surface area contributed by atoms with Gasteiger partial charge < -0.3 is 25.2 Å². The summed E-state index contributed by atoms with van der Waals surface area (Å²) in [4.78, 5) is 29.0. The summed E-state index contributed by atoms with van der Waals surface area (Å²) in [6.45, 7) is 1.05. The van der Waals surface area contributed by atoms with Crippen LogP contribution in [0.1, 0.15) is 84.3 Å². The van der Waals surface area contributed by atoms with Crippen LogP contribution in [0.3, 0.4) is 0 Å². The normalized spacial score (nSPS) is 29.0. The van der Waals surface area contributed by atoms with Gasteiger partial charge in [0.15, 0.2) is 0 Å². The number of fused-ring (bicyclic) bond motifs is 5. The monoisotopic (exact) mass is 615 g/mol. The lowest BCUT2D eigenvalue weighted by Crippen LogP contribution is -2.50. The summed E-state index contributed by atoms with van der Waals surface area (Å²) in [6, 6.07) is 9.73. The molecule has 3 heterocycles. The molecule has 0 aromatic heterocycles. The highest BCUT2D eigenvalue weighted by Gasteiger charge is 2.39. The smallest absolute Gasteiger partial charge is 0.416 e. The van der Waals surface area contributed by atoms with E-state index < -0.39 is 30.0 Å². The van der Waals surface area contributed by atoms with Gasteiger partial charge >= 0.3 is 6.18 Å². The van der Waals surface area contributed by atoms with Crippen LogP contribution in [0, 0.1) is 0 Å². The quantitative estimate of drug-likeness (QED) is 0.469. The van der Waals surface area contributed by atoms with Crippen molar-refractivity contribution in [2.24, 2.45) is 0 Å². The first-order chi connectivity index (χ1) is 21.1. The van der Waals surface area contributed by atoms with E-state index in [0.29, 0.717) is 61.6 Å². The van der Waals surface area contributed by atoms with Crippen molar-refractivity contribution in [2.45, 2.75) is 100 Å². The zero-order valence-corrected chi connectivity index (χ0v) is 24.7. The fourth-order valence-corrected chi connectivity index (χ4v) is 7.08. The molecular formula is C33H40F3N3O5. The predicted octanol–water partition coefficient (Wildman–Crippen LogP) is 4.54. The lowest BCUT2D eigenvalue weighted by atomic mass is 9.95. The molecule has 2 aromatic rings. The highest BCUT2D eigenvalue weighted by molar-refractivity contribution is 5.97. The second-order valence-electron chi connectivity index (χ2n) is 12.6. The Kier molecular flexibility index (Phi) is 9.16. The van der Waals surface area contributed by atoms with E-state index >= 15 is 0 Å². The second-order valence-corrected chi connectivity index (χ2v) is 12.6. The fourth-order valence-electron chi connectivity index (χ4n) is 7.08. The molecule has 44 heavy (non-hydrogen) atoms. The molecule has 0 spiro atoms. The number of amides is 2. The van der Waals surface area contributed by atoms with Crippen molar-refractivity contribution in [3.05, 3.63) is 64.7 Å². The van der Waals surface area contributed by atoms with E-state index in [4.69, 9.17) is 9.47 Å². The molecule has 1 aliphatic carbocycles. The highest BCUT2D eigenvalue weighted by Crippen LogP contribution is 2.37. The van der Waals surface area contributed by atoms with Crippen molar-refractivity contribution in [1.82, 2.24) is 15.5 Å². The summed E-state index contributed by atoms with van der Waals surface area (Å²) in [5.41, 5.74) is 1.49. The molecule has 3 N–H and O–H groups in total. The maximum absolute atomic E-state index is 13.6. The molecule has 0 unspecified atom stereocenters. The van der Waals surface area contributed by atoms with Crippen LogP contribution in [0.2, 0.25) is 0 Å². The van der Waals surface area contributed by atoms with Crippen molar-refractivity contribution < 1.29 is 37.3 Å². The molecule has 1 saturated carbocycles. The number of alkyl halides is 3. The minimum atomic E-state index is -4.44. The third kappa shape index (κ3) is 7.05. The van der Waals surface area contributed by atoms with Crippen LogP contribution in [0.4, 0.5) is 13.2 Å². The zero-order chi connectivity index (χ0) is 30.8. The molecule has 4 aliphatic rings. The maximum atomic E-state index is 13.6. The number of halogens is 3. The van der Waals surface area contributed by atoms with Gasteiger partial charge in [-0.1, -0.05) is 31.0 Å². The van der Waals surface area contributed by atoms with Gasteiger partial charge in [-0.25, -0.2) is 0 Å². The number of nitrogens with zero attached hydrogens (tertiary/aromatic N) is 1. The topological polar surface area (TPSA) is 100 Å². The molecule has 11 heteroatoms. The summed E-state index contributed by atoms with van der Waals surface area (Å²) < 4.78 is 51.8.